The molecule has 0 aliphatic rings. The molecule has 1 amide bonds. The number of amides is 1. The highest BCUT2D eigenvalue weighted by atomic mass is 32.2. The Morgan fingerprint density at radius 1 is 1.21 bits per heavy atom. The minimum Gasteiger partial charge on any atom is -0.368 e. The third-order valence-corrected chi connectivity index (χ3v) is 4.44. The van der Waals surface area contributed by atoms with Gasteiger partial charge in [-0.2, -0.15) is 4.72 Å². The van der Waals surface area contributed by atoms with Crippen molar-refractivity contribution in [1.29, 1.82) is 0 Å². The van der Waals surface area contributed by atoms with E-state index >= 15 is 0 Å². The van der Waals surface area contributed by atoms with Gasteiger partial charge in [-0.3, -0.25) is 4.79 Å². The second kappa shape index (κ2) is 6.14. The smallest absolute Gasteiger partial charge is 0.241 e. The summed E-state index contributed by atoms with van der Waals surface area (Å²) in [5, 5.41) is 3.06. The molecule has 106 valence electrons. The van der Waals surface area contributed by atoms with Crippen molar-refractivity contribution >= 4 is 15.9 Å². The minimum atomic E-state index is -3.72. The van der Waals surface area contributed by atoms with Gasteiger partial charge in [-0.25, -0.2) is 8.42 Å². The zero-order valence-corrected chi connectivity index (χ0v) is 12.0. The lowest BCUT2D eigenvalue weighted by Gasteiger charge is -2.13. The average Bonchev–Trinajstić information content (AvgIpc) is 2.37. The molecule has 0 bridgehead atoms. The Balaban J connectivity index is 2.94. The van der Waals surface area contributed by atoms with E-state index in [-0.39, 0.29) is 10.9 Å². The Kier molecular flexibility index (Phi) is 5.04. The Bertz CT molecular complexity index is 540. The fourth-order valence-electron chi connectivity index (χ4n) is 1.46. The highest BCUT2D eigenvalue weighted by Crippen LogP contribution is 2.16. The van der Waals surface area contributed by atoms with Crippen molar-refractivity contribution in [3.8, 4) is 0 Å². The molecule has 0 radical (unpaired) electrons. The average molecular weight is 285 g/mol. The molecule has 0 aliphatic carbocycles. The van der Waals surface area contributed by atoms with Gasteiger partial charge in [0.25, 0.3) is 0 Å². The number of nitrogens with one attached hydrogen (secondary N) is 2. The topological polar surface area (TPSA) is 101 Å². The number of primary amides is 1. The van der Waals surface area contributed by atoms with Gasteiger partial charge in [0.1, 0.15) is 0 Å². The SMILES string of the molecule is CNC(C)c1ccc(S(=O)(=O)NC(C)C(N)=O)cc1. The van der Waals surface area contributed by atoms with Crippen molar-refractivity contribution < 1.29 is 13.2 Å². The number of benzene rings is 1. The molecule has 0 saturated carbocycles. The maximum Gasteiger partial charge on any atom is 0.241 e. The molecule has 0 spiro atoms. The van der Waals surface area contributed by atoms with Crippen LogP contribution in [0.5, 0.6) is 0 Å². The van der Waals surface area contributed by atoms with Crippen LogP contribution in [0.25, 0.3) is 0 Å². The first-order valence-corrected chi connectivity index (χ1v) is 7.35. The second-order valence-electron chi connectivity index (χ2n) is 4.32. The van der Waals surface area contributed by atoms with Crippen LogP contribution in [0.3, 0.4) is 0 Å². The van der Waals surface area contributed by atoms with E-state index in [0.717, 1.165) is 5.56 Å². The molecule has 1 rings (SSSR count). The van der Waals surface area contributed by atoms with E-state index in [2.05, 4.69) is 10.0 Å². The number of carbonyl (C=O) groups excluding carboxylic acids is 1. The van der Waals surface area contributed by atoms with Crippen molar-refractivity contribution in [3.63, 3.8) is 0 Å². The normalized spacial score (nSPS) is 14.9. The number of nitrogens with two attached hydrogens (primary N) is 1. The molecule has 6 nitrogen and oxygen atoms in total. The molecular formula is C12H19N3O3S. The Hall–Kier alpha value is -1.44. The maximum absolute atomic E-state index is 12.0. The number of hydrogen-bond donors (Lipinski definition) is 3. The van der Waals surface area contributed by atoms with E-state index in [1.807, 2.05) is 14.0 Å². The Morgan fingerprint density at radius 2 is 1.74 bits per heavy atom. The summed E-state index contributed by atoms with van der Waals surface area (Å²) in [5.74, 6) is -0.719. The molecule has 19 heavy (non-hydrogen) atoms. The lowest BCUT2D eigenvalue weighted by molar-refractivity contribution is -0.119. The van der Waals surface area contributed by atoms with E-state index in [4.69, 9.17) is 5.73 Å². The van der Waals surface area contributed by atoms with Gasteiger partial charge in [0, 0.05) is 6.04 Å². The van der Waals surface area contributed by atoms with E-state index < -0.39 is 22.0 Å². The third kappa shape index (κ3) is 4.02. The first kappa shape index (κ1) is 15.6. The molecule has 0 aliphatic heterocycles. The largest absolute Gasteiger partial charge is 0.368 e. The molecule has 2 unspecified atom stereocenters. The zero-order valence-electron chi connectivity index (χ0n) is 11.2. The summed E-state index contributed by atoms with van der Waals surface area (Å²) in [7, 11) is -1.90. The third-order valence-electron chi connectivity index (χ3n) is 2.88. The summed E-state index contributed by atoms with van der Waals surface area (Å²) in [6.45, 7) is 3.37. The molecule has 0 fully saturated rings. The molecule has 0 saturated heterocycles. The number of carbonyl (C=O) groups is 1. The van der Waals surface area contributed by atoms with Gasteiger partial charge in [0.05, 0.1) is 10.9 Å². The first-order chi connectivity index (χ1) is 8.77. The van der Waals surface area contributed by atoms with Crippen LogP contribution in [-0.4, -0.2) is 27.4 Å². The van der Waals surface area contributed by atoms with Crippen LogP contribution < -0.4 is 15.8 Å². The van der Waals surface area contributed by atoms with Gasteiger partial charge < -0.3 is 11.1 Å². The van der Waals surface area contributed by atoms with Crippen molar-refractivity contribution in [2.75, 3.05) is 7.05 Å². The quantitative estimate of drug-likeness (QED) is 0.691. The summed E-state index contributed by atoms with van der Waals surface area (Å²) in [6.07, 6.45) is 0. The molecule has 1 aromatic rings. The highest BCUT2D eigenvalue weighted by Gasteiger charge is 2.20. The summed E-state index contributed by atoms with van der Waals surface area (Å²) >= 11 is 0. The number of sulfonamides is 1. The van der Waals surface area contributed by atoms with Crippen LogP contribution in [0.4, 0.5) is 0 Å². The van der Waals surface area contributed by atoms with Crippen molar-refractivity contribution in [3.05, 3.63) is 29.8 Å². The molecular weight excluding hydrogens is 266 g/mol. The molecule has 0 heterocycles. The Labute approximate surface area is 113 Å². The van der Waals surface area contributed by atoms with Gasteiger partial charge in [0.15, 0.2) is 0 Å². The van der Waals surface area contributed by atoms with Crippen molar-refractivity contribution in [1.82, 2.24) is 10.0 Å². The van der Waals surface area contributed by atoms with Gasteiger partial charge in [-0.15, -0.1) is 0 Å². The van der Waals surface area contributed by atoms with Crippen molar-refractivity contribution in [2.24, 2.45) is 5.73 Å². The van der Waals surface area contributed by atoms with E-state index in [1.54, 1.807) is 12.1 Å². The van der Waals surface area contributed by atoms with E-state index in [9.17, 15) is 13.2 Å². The van der Waals surface area contributed by atoms with Crippen LogP contribution in [0.2, 0.25) is 0 Å². The molecule has 7 heteroatoms. The highest BCUT2D eigenvalue weighted by molar-refractivity contribution is 7.89. The lowest BCUT2D eigenvalue weighted by Crippen LogP contribution is -2.42. The van der Waals surface area contributed by atoms with Gasteiger partial charge in [-0.1, -0.05) is 12.1 Å². The summed E-state index contributed by atoms with van der Waals surface area (Å²) in [4.78, 5) is 11.0. The summed E-state index contributed by atoms with van der Waals surface area (Å²) < 4.78 is 26.1. The maximum atomic E-state index is 12.0. The van der Waals surface area contributed by atoms with Crippen LogP contribution in [0.15, 0.2) is 29.2 Å². The summed E-state index contributed by atoms with van der Waals surface area (Å²) in [6, 6.07) is 5.64. The van der Waals surface area contributed by atoms with Crippen molar-refractivity contribution in [2.45, 2.75) is 30.8 Å². The fourth-order valence-corrected chi connectivity index (χ4v) is 2.67. The van der Waals surface area contributed by atoms with Crippen LogP contribution >= 0.6 is 0 Å². The van der Waals surface area contributed by atoms with Crippen LogP contribution in [-0.2, 0) is 14.8 Å². The molecule has 4 N–H and O–H groups in total. The summed E-state index contributed by atoms with van der Waals surface area (Å²) in [5.41, 5.74) is 6.01. The molecule has 2 atom stereocenters. The molecule has 1 aromatic carbocycles. The van der Waals surface area contributed by atoms with E-state index in [1.165, 1.54) is 19.1 Å². The lowest BCUT2D eigenvalue weighted by atomic mass is 10.1. The zero-order chi connectivity index (χ0) is 14.6. The predicted octanol–water partition coefficient (Wildman–Crippen LogP) is 0.119. The van der Waals surface area contributed by atoms with Gasteiger partial charge in [-0.05, 0) is 38.6 Å². The predicted molar refractivity (Wildman–Crippen MR) is 72.9 cm³/mol. The number of rotatable bonds is 6. The molecule has 0 aromatic heterocycles. The monoisotopic (exact) mass is 285 g/mol. The first-order valence-electron chi connectivity index (χ1n) is 5.87. The number of hydrogen-bond acceptors (Lipinski definition) is 4. The van der Waals surface area contributed by atoms with Crippen LogP contribution in [0.1, 0.15) is 25.5 Å². The second-order valence-corrected chi connectivity index (χ2v) is 6.04. The van der Waals surface area contributed by atoms with Gasteiger partial charge >= 0.3 is 0 Å². The minimum absolute atomic E-state index is 0.104. The Morgan fingerprint density at radius 3 is 2.16 bits per heavy atom. The van der Waals surface area contributed by atoms with Gasteiger partial charge in [0.2, 0.25) is 15.9 Å². The van der Waals surface area contributed by atoms with Crippen LogP contribution in [0, 0.1) is 0 Å². The standard InChI is InChI=1S/C12H19N3O3S/c1-8(14-3)10-4-6-11(7-5-10)19(17,18)15-9(2)12(13)16/h4-9,14-15H,1-3H3,(H2,13,16). The van der Waals surface area contributed by atoms with E-state index in [0.29, 0.717) is 0 Å². The fraction of sp³-hybridized carbons (Fsp3) is 0.417.